The molecule has 0 atom stereocenters. The Morgan fingerprint density at radius 1 is 1.06 bits per heavy atom. The first-order valence-corrected chi connectivity index (χ1v) is 10.3. The highest BCUT2D eigenvalue weighted by Gasteiger charge is 2.15. The summed E-state index contributed by atoms with van der Waals surface area (Å²) in [4.78, 5) is 24.5. The number of rotatable bonds is 7. The summed E-state index contributed by atoms with van der Waals surface area (Å²) in [6.07, 6.45) is 1.47. The van der Waals surface area contributed by atoms with Crippen LogP contribution in [-0.4, -0.2) is 11.7 Å². The Hall–Kier alpha value is -3.69. The lowest BCUT2D eigenvalue weighted by Gasteiger charge is -2.11. The molecule has 31 heavy (non-hydrogen) atoms. The van der Waals surface area contributed by atoms with Gasteiger partial charge in [-0.2, -0.15) is 5.26 Å². The molecule has 0 fully saturated rings. The number of carbonyl (C=O) groups is 2. The summed E-state index contributed by atoms with van der Waals surface area (Å²) in [6.45, 7) is 1.77. The van der Waals surface area contributed by atoms with Crippen LogP contribution >= 0.6 is 15.9 Å². The van der Waals surface area contributed by atoms with Gasteiger partial charge in [-0.3, -0.25) is 9.59 Å². The molecule has 0 aromatic heterocycles. The van der Waals surface area contributed by atoms with Crippen molar-refractivity contribution < 1.29 is 14.3 Å². The zero-order chi connectivity index (χ0) is 22.2. The zero-order valence-corrected chi connectivity index (χ0v) is 18.3. The smallest absolute Gasteiger partial charge is 0.266 e. The number of carbonyl (C=O) groups excluding carboxylic acids is 2. The molecule has 0 radical (unpaired) electrons. The zero-order valence-electron chi connectivity index (χ0n) is 16.8. The Morgan fingerprint density at radius 2 is 1.77 bits per heavy atom. The summed E-state index contributed by atoms with van der Waals surface area (Å²) in [5.74, 6) is -0.246. The van der Waals surface area contributed by atoms with E-state index in [0.717, 1.165) is 10.0 Å². The van der Waals surface area contributed by atoms with Crippen molar-refractivity contribution in [2.75, 3.05) is 5.32 Å². The van der Waals surface area contributed by atoms with Crippen LogP contribution in [0.3, 0.4) is 0 Å². The Kier molecular flexibility index (Phi) is 7.36. The van der Waals surface area contributed by atoms with E-state index in [9.17, 15) is 14.9 Å². The first-order chi connectivity index (χ1) is 15.0. The number of anilines is 1. The SMILES string of the molecule is CC(=O)c1ccccc1NC(=O)/C(C#N)=C\c1cc(Br)ccc1OCc1ccccc1. The molecule has 0 spiro atoms. The predicted octanol–water partition coefficient (Wildman–Crippen LogP) is 5.78. The standard InChI is InChI=1S/C25H19BrN2O3/c1-17(29)22-9-5-6-10-23(22)28-25(30)20(15-27)13-19-14-21(26)11-12-24(19)31-16-18-7-3-2-4-8-18/h2-14H,16H2,1H3,(H,28,30)/b20-13-. The molecule has 0 unspecified atom stereocenters. The van der Waals surface area contributed by atoms with Crippen LogP contribution in [0.1, 0.15) is 28.4 Å². The molecule has 0 saturated heterocycles. The summed E-state index contributed by atoms with van der Waals surface area (Å²) in [5, 5.41) is 12.2. The van der Waals surface area contributed by atoms with Gasteiger partial charge >= 0.3 is 0 Å². The molecule has 5 nitrogen and oxygen atoms in total. The Morgan fingerprint density at radius 3 is 2.48 bits per heavy atom. The highest BCUT2D eigenvalue weighted by atomic mass is 79.9. The van der Waals surface area contributed by atoms with Gasteiger partial charge in [0.25, 0.3) is 5.91 Å². The number of ether oxygens (including phenoxy) is 1. The number of amides is 1. The van der Waals surface area contributed by atoms with Crippen molar-refractivity contribution in [3.63, 3.8) is 0 Å². The highest BCUT2D eigenvalue weighted by molar-refractivity contribution is 9.10. The van der Waals surface area contributed by atoms with E-state index in [4.69, 9.17) is 4.74 Å². The first kappa shape index (κ1) is 22.0. The molecule has 0 saturated carbocycles. The number of ketones is 1. The van der Waals surface area contributed by atoms with Crippen LogP contribution in [0, 0.1) is 11.3 Å². The lowest BCUT2D eigenvalue weighted by molar-refractivity contribution is -0.112. The fraction of sp³-hybridized carbons (Fsp3) is 0.0800. The van der Waals surface area contributed by atoms with Gasteiger partial charge in [0.15, 0.2) is 5.78 Å². The number of halogens is 1. The van der Waals surface area contributed by atoms with Gasteiger partial charge in [-0.05, 0) is 48.9 Å². The molecule has 0 bridgehead atoms. The van der Waals surface area contributed by atoms with Crippen molar-refractivity contribution in [1.82, 2.24) is 0 Å². The molecular weight excluding hydrogens is 456 g/mol. The molecular formula is C25H19BrN2O3. The van der Waals surface area contributed by atoms with E-state index < -0.39 is 5.91 Å². The summed E-state index contributed by atoms with van der Waals surface area (Å²) in [7, 11) is 0. The third-order valence-corrected chi connectivity index (χ3v) is 4.92. The fourth-order valence-corrected chi connectivity index (χ4v) is 3.27. The Balaban J connectivity index is 1.86. The molecule has 0 heterocycles. The van der Waals surface area contributed by atoms with Crippen molar-refractivity contribution >= 4 is 39.4 Å². The molecule has 3 rings (SSSR count). The second kappa shape index (κ2) is 10.4. The van der Waals surface area contributed by atoms with Crippen LogP contribution in [-0.2, 0) is 11.4 Å². The van der Waals surface area contributed by atoms with E-state index in [1.54, 1.807) is 36.4 Å². The van der Waals surface area contributed by atoms with Crippen molar-refractivity contribution in [1.29, 1.82) is 5.26 Å². The lowest BCUT2D eigenvalue weighted by atomic mass is 10.1. The fourth-order valence-electron chi connectivity index (χ4n) is 2.89. The molecule has 3 aromatic carbocycles. The topological polar surface area (TPSA) is 79.2 Å². The van der Waals surface area contributed by atoms with Crippen LogP contribution in [0.4, 0.5) is 5.69 Å². The summed E-state index contributed by atoms with van der Waals surface area (Å²) >= 11 is 3.41. The quantitative estimate of drug-likeness (QED) is 0.267. The number of nitrogens with one attached hydrogen (secondary N) is 1. The average molecular weight is 475 g/mol. The molecule has 1 amide bonds. The molecule has 3 aromatic rings. The van der Waals surface area contributed by atoms with Gasteiger partial charge in [-0.25, -0.2) is 0 Å². The van der Waals surface area contributed by atoms with E-state index in [0.29, 0.717) is 29.2 Å². The average Bonchev–Trinajstić information content (AvgIpc) is 2.77. The van der Waals surface area contributed by atoms with Crippen LogP contribution < -0.4 is 10.1 Å². The van der Waals surface area contributed by atoms with Crippen molar-refractivity contribution in [2.24, 2.45) is 0 Å². The minimum Gasteiger partial charge on any atom is -0.488 e. The number of hydrogen-bond acceptors (Lipinski definition) is 4. The van der Waals surface area contributed by atoms with E-state index in [1.807, 2.05) is 42.5 Å². The Bertz CT molecular complexity index is 1180. The van der Waals surface area contributed by atoms with Crippen LogP contribution in [0.5, 0.6) is 5.75 Å². The number of nitrogens with zero attached hydrogens (tertiary/aromatic N) is 1. The maximum Gasteiger partial charge on any atom is 0.266 e. The molecule has 6 heteroatoms. The van der Waals surface area contributed by atoms with Crippen LogP contribution in [0.2, 0.25) is 0 Å². The maximum atomic E-state index is 12.7. The number of para-hydroxylation sites is 1. The summed E-state index contributed by atoms with van der Waals surface area (Å²) in [6, 6.07) is 23.7. The van der Waals surface area contributed by atoms with Gasteiger partial charge in [0.2, 0.25) is 0 Å². The van der Waals surface area contributed by atoms with E-state index in [2.05, 4.69) is 21.2 Å². The Labute approximate surface area is 189 Å². The lowest BCUT2D eigenvalue weighted by Crippen LogP contribution is -2.15. The third kappa shape index (κ3) is 5.91. The van der Waals surface area contributed by atoms with Crippen LogP contribution in [0.25, 0.3) is 6.08 Å². The number of nitriles is 1. The third-order valence-electron chi connectivity index (χ3n) is 4.43. The van der Waals surface area contributed by atoms with Crippen molar-refractivity contribution in [3.8, 4) is 11.8 Å². The van der Waals surface area contributed by atoms with E-state index in [-0.39, 0.29) is 11.4 Å². The van der Waals surface area contributed by atoms with Crippen LogP contribution in [0.15, 0.2) is 82.8 Å². The minimum absolute atomic E-state index is 0.110. The van der Waals surface area contributed by atoms with Gasteiger partial charge in [-0.15, -0.1) is 0 Å². The van der Waals surface area contributed by atoms with Gasteiger partial charge < -0.3 is 10.1 Å². The van der Waals surface area contributed by atoms with Gasteiger partial charge in [0.05, 0.1) is 5.69 Å². The highest BCUT2D eigenvalue weighted by Crippen LogP contribution is 2.27. The number of benzene rings is 3. The van der Waals surface area contributed by atoms with Gasteiger partial charge in [-0.1, -0.05) is 58.4 Å². The minimum atomic E-state index is -0.606. The number of hydrogen-bond donors (Lipinski definition) is 1. The largest absolute Gasteiger partial charge is 0.488 e. The predicted molar refractivity (Wildman–Crippen MR) is 124 cm³/mol. The molecule has 1 N–H and O–H groups in total. The van der Waals surface area contributed by atoms with Crippen molar-refractivity contribution in [3.05, 3.63) is 99.5 Å². The van der Waals surface area contributed by atoms with Gasteiger partial charge in [0.1, 0.15) is 24.0 Å². The first-order valence-electron chi connectivity index (χ1n) is 9.47. The monoisotopic (exact) mass is 474 g/mol. The molecule has 0 aliphatic heterocycles. The second-order valence-corrected chi connectivity index (χ2v) is 7.60. The second-order valence-electron chi connectivity index (χ2n) is 6.68. The molecule has 154 valence electrons. The van der Waals surface area contributed by atoms with Gasteiger partial charge in [0, 0.05) is 15.6 Å². The summed E-state index contributed by atoms with van der Waals surface area (Å²) < 4.78 is 6.70. The van der Waals surface area contributed by atoms with Crippen molar-refractivity contribution in [2.45, 2.75) is 13.5 Å². The summed E-state index contributed by atoms with van der Waals surface area (Å²) in [5.41, 5.74) is 2.20. The van der Waals surface area contributed by atoms with E-state index in [1.165, 1.54) is 13.0 Å². The molecule has 0 aliphatic carbocycles. The maximum absolute atomic E-state index is 12.7. The van der Waals surface area contributed by atoms with E-state index >= 15 is 0 Å². The normalized spacial score (nSPS) is 10.8. The number of Topliss-reactive ketones (excluding diaryl/α,β-unsaturated/α-hetero) is 1. The molecule has 0 aliphatic rings.